The number of nitrogens with one attached hydrogen (secondary N) is 8. The van der Waals surface area contributed by atoms with E-state index < -0.39 is 165 Å². The lowest BCUT2D eigenvalue weighted by Crippen LogP contribution is -2.62. The molecule has 10 amide bonds. The molecule has 26 heteroatoms. The number of nitrogens with two attached hydrogens (primary N) is 2. The first-order chi connectivity index (χ1) is 34.6. The maximum Gasteiger partial charge on any atom is 0.303 e. The summed E-state index contributed by atoms with van der Waals surface area (Å²) < 4.78 is 0. The van der Waals surface area contributed by atoms with Gasteiger partial charge in [0, 0.05) is 25.3 Å². The van der Waals surface area contributed by atoms with E-state index in [0.717, 1.165) is 58.3 Å². The van der Waals surface area contributed by atoms with Crippen LogP contribution in [0.5, 0.6) is 5.75 Å². The Balaban J connectivity index is 2.69. The Morgan fingerprint density at radius 3 is 1.48 bits per heavy atom. The summed E-state index contributed by atoms with van der Waals surface area (Å²) in [7, 11) is 0. The molecule has 0 spiro atoms. The number of hydrogen-bond donors (Lipinski definition) is 15. The highest BCUT2D eigenvalue weighted by Crippen LogP contribution is 2.15. The fourth-order valence-corrected chi connectivity index (χ4v) is 7.71. The molecule has 0 aromatic heterocycles. The monoisotopic (exact) mass is 1030 g/mol. The molecule has 1 aliphatic heterocycles. The number of primary amides is 2. The number of aromatic hydroxyl groups is 1. The van der Waals surface area contributed by atoms with Crippen molar-refractivity contribution in [2.75, 3.05) is 13.2 Å². The Morgan fingerprint density at radius 1 is 0.562 bits per heavy atom. The van der Waals surface area contributed by atoms with Crippen molar-refractivity contribution in [2.45, 2.75) is 177 Å². The Bertz CT molecular complexity index is 2040. The highest BCUT2D eigenvalue weighted by atomic mass is 16.4. The molecular formula is C47H74N10O16. The topological polar surface area (TPSA) is 437 Å². The number of rotatable bonds is 23. The van der Waals surface area contributed by atoms with Gasteiger partial charge in [0.25, 0.3) is 0 Å². The number of carboxylic acid groups (broad SMARTS) is 1. The molecule has 1 aromatic carbocycles. The molecule has 26 nitrogen and oxygen atoms in total. The first-order valence-corrected chi connectivity index (χ1v) is 24.5. The average Bonchev–Trinajstić information content (AvgIpc) is 3.32. The summed E-state index contributed by atoms with van der Waals surface area (Å²) in [5.41, 5.74) is 11.2. The van der Waals surface area contributed by atoms with Crippen LogP contribution >= 0.6 is 0 Å². The number of amides is 10. The van der Waals surface area contributed by atoms with E-state index in [4.69, 9.17) is 11.5 Å². The quantitative estimate of drug-likeness (QED) is 0.0473. The number of hydrogen-bond acceptors (Lipinski definition) is 15. The number of phenolic OH excluding ortho intramolecular Hbond substituents is 1. The fourth-order valence-electron chi connectivity index (χ4n) is 7.71. The van der Waals surface area contributed by atoms with E-state index in [1.165, 1.54) is 24.3 Å². The number of carbonyl (C=O) groups excluding carboxylic acids is 10. The average molecular weight is 1040 g/mol. The van der Waals surface area contributed by atoms with Crippen LogP contribution in [-0.4, -0.2) is 158 Å². The fraction of sp³-hybridized carbons (Fsp3) is 0.638. The second-order valence-electron chi connectivity index (χ2n) is 18.0. The number of aliphatic hydroxyl groups is 3. The Morgan fingerprint density at radius 2 is 0.986 bits per heavy atom. The predicted octanol–water partition coefficient (Wildman–Crippen LogP) is -3.49. The molecule has 1 unspecified atom stereocenters. The zero-order valence-electron chi connectivity index (χ0n) is 41.3. The SMILES string of the molecule is CCCCCCCCCCCCC1CC(=O)N[C@H](CC(N)=O)C(=O)N[C@@H](Cc2ccc(O)cc2)C(=O)N[C@@H](CC(N)=O)C(=O)N[C@H](CO)C(=O)N[C@H](CCC(=O)O)C(=O)N[C@@H](CO)C(=O)N[C@H]([C@@H](C)O)C(=O)N1. The van der Waals surface area contributed by atoms with E-state index >= 15 is 0 Å². The molecule has 1 fully saturated rings. The lowest BCUT2D eigenvalue weighted by atomic mass is 10.0. The normalized spacial score (nSPS) is 23.8. The molecule has 73 heavy (non-hydrogen) atoms. The van der Waals surface area contributed by atoms with Gasteiger partial charge in [0.15, 0.2) is 0 Å². The zero-order valence-corrected chi connectivity index (χ0v) is 41.3. The van der Waals surface area contributed by atoms with Crippen LogP contribution in [0, 0.1) is 0 Å². The molecular weight excluding hydrogens is 961 g/mol. The summed E-state index contributed by atoms with van der Waals surface area (Å²) in [6.45, 7) is 0.947. The molecule has 0 radical (unpaired) electrons. The minimum absolute atomic E-state index is 0.160. The molecule has 1 aromatic rings. The molecule has 17 N–H and O–H groups in total. The van der Waals surface area contributed by atoms with Crippen molar-refractivity contribution in [2.24, 2.45) is 11.5 Å². The molecule has 0 bridgehead atoms. The van der Waals surface area contributed by atoms with Crippen molar-refractivity contribution in [3.8, 4) is 5.75 Å². The van der Waals surface area contributed by atoms with Gasteiger partial charge in [-0.3, -0.25) is 52.7 Å². The summed E-state index contributed by atoms with van der Waals surface area (Å²) in [6.07, 6.45) is 4.03. The van der Waals surface area contributed by atoms with Gasteiger partial charge in [0.1, 0.15) is 48.0 Å². The molecule has 1 aliphatic rings. The van der Waals surface area contributed by atoms with Crippen molar-refractivity contribution in [3.05, 3.63) is 29.8 Å². The predicted molar refractivity (Wildman–Crippen MR) is 259 cm³/mol. The Kier molecular flexibility index (Phi) is 28.0. The van der Waals surface area contributed by atoms with Crippen molar-refractivity contribution < 1.29 is 78.3 Å². The standard InChI is InChI=1S/C47H74N10O16/c1-3-4-5-6-7-8-9-10-11-12-13-28-21-38(64)51-32(22-36(48)62)43(69)53-31(20-27-14-16-29(61)17-15-27)42(68)54-33(23-37(49)63)44(70)56-34(24-58)45(71)52-30(18-19-39(65)66)41(67)55-35(25-59)46(72)57-40(26(2)60)47(73)50-28/h14-17,26,28,30-35,40,58-61H,3-13,18-25H2,1-2H3,(H2,48,62)(H2,49,63)(H,50,73)(H,51,64)(H,52,71)(H,53,69)(H,54,68)(H,55,67)(H,56,70)(H,57,72)(H,65,66)/t26-,28?,30-,31+,32-,33+,34-,35+,40-/m1/s1. The number of carboxylic acids is 1. The number of carbonyl (C=O) groups is 11. The van der Waals surface area contributed by atoms with Crippen LogP contribution in [0.3, 0.4) is 0 Å². The highest BCUT2D eigenvalue weighted by molar-refractivity contribution is 5.99. The largest absolute Gasteiger partial charge is 0.508 e. The van der Waals surface area contributed by atoms with Crippen molar-refractivity contribution in [3.63, 3.8) is 0 Å². The number of aliphatic hydroxyl groups excluding tert-OH is 3. The summed E-state index contributed by atoms with van der Waals surface area (Å²) in [4.78, 5) is 146. The molecule has 1 saturated heterocycles. The maximum atomic E-state index is 14.1. The minimum atomic E-state index is -1.98. The van der Waals surface area contributed by atoms with Gasteiger partial charge in [-0.1, -0.05) is 83.3 Å². The third-order valence-corrected chi connectivity index (χ3v) is 11.8. The van der Waals surface area contributed by atoms with Crippen molar-refractivity contribution in [1.29, 1.82) is 0 Å². The van der Waals surface area contributed by atoms with Crippen LogP contribution in [0.2, 0.25) is 0 Å². The summed E-state index contributed by atoms with van der Waals surface area (Å²) in [5, 5.41) is 68.6. The second kappa shape index (κ2) is 32.9. The van der Waals surface area contributed by atoms with Gasteiger partial charge < -0.3 is 79.5 Å². The van der Waals surface area contributed by atoms with Crippen LogP contribution in [0.1, 0.15) is 122 Å². The van der Waals surface area contributed by atoms with Crippen LogP contribution in [0.15, 0.2) is 24.3 Å². The number of aliphatic carboxylic acids is 1. The molecule has 2 rings (SSSR count). The highest BCUT2D eigenvalue weighted by Gasteiger charge is 2.36. The van der Waals surface area contributed by atoms with Gasteiger partial charge in [0.05, 0.1) is 32.2 Å². The maximum absolute atomic E-state index is 14.1. The van der Waals surface area contributed by atoms with Gasteiger partial charge in [0.2, 0.25) is 59.1 Å². The van der Waals surface area contributed by atoms with Gasteiger partial charge in [-0.15, -0.1) is 0 Å². The van der Waals surface area contributed by atoms with Crippen LogP contribution in [0.25, 0.3) is 0 Å². The van der Waals surface area contributed by atoms with Gasteiger partial charge in [-0.2, -0.15) is 0 Å². The Hall–Kier alpha value is -6.93. The van der Waals surface area contributed by atoms with E-state index in [9.17, 15) is 78.3 Å². The van der Waals surface area contributed by atoms with E-state index in [1.807, 2.05) is 0 Å². The zero-order chi connectivity index (χ0) is 54.6. The first-order valence-electron chi connectivity index (χ1n) is 24.5. The van der Waals surface area contributed by atoms with Crippen molar-refractivity contribution >= 4 is 65.0 Å². The summed E-state index contributed by atoms with van der Waals surface area (Å²) in [5.74, 6) is -13.2. The van der Waals surface area contributed by atoms with Gasteiger partial charge >= 0.3 is 5.97 Å². The van der Waals surface area contributed by atoms with E-state index in [-0.39, 0.29) is 18.6 Å². The summed E-state index contributed by atoms with van der Waals surface area (Å²) in [6, 6.07) is -8.61. The summed E-state index contributed by atoms with van der Waals surface area (Å²) >= 11 is 0. The minimum Gasteiger partial charge on any atom is -0.508 e. The molecule has 0 aliphatic carbocycles. The molecule has 1 heterocycles. The van der Waals surface area contributed by atoms with Gasteiger partial charge in [-0.25, -0.2) is 0 Å². The molecule has 9 atom stereocenters. The molecule has 0 saturated carbocycles. The number of phenols is 1. The lowest BCUT2D eigenvalue weighted by Gasteiger charge is -2.28. The van der Waals surface area contributed by atoms with Crippen LogP contribution in [0.4, 0.5) is 0 Å². The van der Waals surface area contributed by atoms with Crippen LogP contribution < -0.4 is 54.0 Å². The van der Waals surface area contributed by atoms with E-state index in [0.29, 0.717) is 18.4 Å². The second-order valence-corrected chi connectivity index (χ2v) is 18.0. The molecule has 408 valence electrons. The third kappa shape index (κ3) is 23.9. The first kappa shape index (κ1) is 62.2. The number of benzene rings is 1. The van der Waals surface area contributed by atoms with Gasteiger partial charge in [-0.05, 0) is 37.5 Å². The van der Waals surface area contributed by atoms with Crippen molar-refractivity contribution in [1.82, 2.24) is 42.5 Å². The number of unbranched alkanes of at least 4 members (excludes halogenated alkanes) is 9. The smallest absolute Gasteiger partial charge is 0.303 e. The van der Waals surface area contributed by atoms with E-state index in [1.54, 1.807) is 0 Å². The Labute approximate surface area is 422 Å². The third-order valence-electron chi connectivity index (χ3n) is 11.8. The van der Waals surface area contributed by atoms with E-state index in [2.05, 4.69) is 49.5 Å². The lowest BCUT2D eigenvalue weighted by molar-refractivity contribution is -0.139. The van der Waals surface area contributed by atoms with Crippen LogP contribution in [-0.2, 0) is 59.2 Å².